The maximum Gasteiger partial charge on any atom is 0.319 e. The van der Waals surface area contributed by atoms with Crippen LogP contribution in [0.1, 0.15) is 48.3 Å². The summed E-state index contributed by atoms with van der Waals surface area (Å²) >= 11 is 0. The number of aromatic nitrogens is 5. The van der Waals surface area contributed by atoms with Gasteiger partial charge in [-0.1, -0.05) is 24.2 Å². The predicted octanol–water partition coefficient (Wildman–Crippen LogP) is 2.67. The van der Waals surface area contributed by atoms with E-state index in [1.54, 1.807) is 6.92 Å². The zero-order valence-electron chi connectivity index (χ0n) is 14.9. The van der Waals surface area contributed by atoms with Crippen LogP contribution in [0.4, 0.5) is 10.5 Å². The molecule has 2 aromatic heterocycles. The Morgan fingerprint density at radius 3 is 2.58 bits per heavy atom. The van der Waals surface area contributed by atoms with Crippen molar-refractivity contribution in [3.8, 4) is 0 Å². The predicted molar refractivity (Wildman–Crippen MR) is 94.6 cm³/mol. The summed E-state index contributed by atoms with van der Waals surface area (Å²) in [6.45, 7) is 5.53. The highest BCUT2D eigenvalue weighted by Gasteiger charge is 2.18. The number of hydrogen-bond donors (Lipinski definition) is 3. The van der Waals surface area contributed by atoms with E-state index >= 15 is 0 Å². The number of urea groups is 1. The summed E-state index contributed by atoms with van der Waals surface area (Å²) in [5, 5.41) is 16.3. The van der Waals surface area contributed by atoms with Gasteiger partial charge in [0.25, 0.3) is 0 Å². The van der Waals surface area contributed by atoms with Gasteiger partial charge in [-0.25, -0.2) is 9.78 Å². The minimum absolute atomic E-state index is 0.329. The average Bonchev–Trinajstić information content (AvgIpc) is 3.23. The Bertz CT molecular complexity index is 869. The number of hydrogen-bond acceptors (Lipinski definition) is 6. The van der Waals surface area contributed by atoms with Crippen LogP contribution in [0.2, 0.25) is 0 Å². The molecule has 3 aromatic rings. The van der Waals surface area contributed by atoms with Crippen LogP contribution in [-0.4, -0.2) is 31.4 Å². The molecule has 26 heavy (non-hydrogen) atoms. The van der Waals surface area contributed by atoms with Crippen molar-refractivity contribution in [2.75, 3.05) is 5.32 Å². The van der Waals surface area contributed by atoms with Gasteiger partial charge in [-0.05, 0) is 38.0 Å². The lowest BCUT2D eigenvalue weighted by atomic mass is 10.1. The third-order valence-corrected chi connectivity index (χ3v) is 3.77. The number of rotatable bonds is 6. The van der Waals surface area contributed by atoms with Crippen LogP contribution in [0.15, 0.2) is 28.8 Å². The van der Waals surface area contributed by atoms with Gasteiger partial charge in [0.05, 0.1) is 0 Å². The van der Waals surface area contributed by atoms with E-state index in [1.165, 1.54) is 0 Å². The van der Waals surface area contributed by atoms with Gasteiger partial charge >= 0.3 is 6.03 Å². The first-order valence-electron chi connectivity index (χ1n) is 8.38. The summed E-state index contributed by atoms with van der Waals surface area (Å²) in [6, 6.07) is 6.88. The molecule has 2 heterocycles. The summed E-state index contributed by atoms with van der Waals surface area (Å²) in [4.78, 5) is 20.6. The molecule has 0 bridgehead atoms. The topological polar surface area (TPSA) is 122 Å². The van der Waals surface area contributed by atoms with Crippen molar-refractivity contribution in [2.24, 2.45) is 0 Å². The summed E-state index contributed by atoms with van der Waals surface area (Å²) in [7, 11) is 0. The van der Waals surface area contributed by atoms with Crippen LogP contribution in [-0.2, 0) is 6.42 Å². The molecule has 0 spiro atoms. The number of carbonyl (C=O) groups is 1. The number of nitrogens with zero attached hydrogens (tertiary/aromatic N) is 4. The Balaban J connectivity index is 1.57. The molecule has 9 heteroatoms. The molecular formula is C17H21N7O2. The van der Waals surface area contributed by atoms with Crippen LogP contribution >= 0.6 is 0 Å². The highest BCUT2D eigenvalue weighted by molar-refractivity contribution is 5.89. The number of amides is 2. The van der Waals surface area contributed by atoms with E-state index in [1.807, 2.05) is 38.1 Å². The number of nitrogens with one attached hydrogen (secondary N) is 3. The molecule has 0 saturated carbocycles. The largest absolute Gasteiger partial charge is 0.337 e. The number of aryl methyl sites for hydroxylation is 2. The Morgan fingerprint density at radius 1 is 1.23 bits per heavy atom. The molecule has 0 aliphatic rings. The molecule has 3 N–H and O–H groups in total. The second-order valence-electron chi connectivity index (χ2n) is 5.95. The third-order valence-electron chi connectivity index (χ3n) is 3.77. The second kappa shape index (κ2) is 7.77. The van der Waals surface area contributed by atoms with Crippen LogP contribution in [0.3, 0.4) is 0 Å². The summed E-state index contributed by atoms with van der Waals surface area (Å²) in [6.07, 6.45) is 1.27. The highest BCUT2D eigenvalue weighted by atomic mass is 16.5. The van der Waals surface area contributed by atoms with E-state index in [-0.39, 0.29) is 12.1 Å². The average molecular weight is 355 g/mol. The minimum Gasteiger partial charge on any atom is -0.337 e. The maximum atomic E-state index is 12.2. The van der Waals surface area contributed by atoms with Gasteiger partial charge in [-0.15, -0.1) is 0 Å². The lowest BCUT2D eigenvalue weighted by Crippen LogP contribution is -2.32. The second-order valence-corrected chi connectivity index (χ2v) is 5.95. The first kappa shape index (κ1) is 17.6. The number of aromatic amines is 1. The van der Waals surface area contributed by atoms with Crippen molar-refractivity contribution in [3.63, 3.8) is 0 Å². The van der Waals surface area contributed by atoms with Crippen molar-refractivity contribution in [1.82, 2.24) is 30.6 Å². The van der Waals surface area contributed by atoms with Crippen LogP contribution in [0.5, 0.6) is 0 Å². The van der Waals surface area contributed by atoms with Gasteiger partial charge in [-0.3, -0.25) is 5.10 Å². The highest BCUT2D eigenvalue weighted by Crippen LogP contribution is 2.16. The van der Waals surface area contributed by atoms with E-state index in [4.69, 9.17) is 4.52 Å². The molecule has 1 atom stereocenters. The fourth-order valence-electron chi connectivity index (χ4n) is 2.48. The summed E-state index contributed by atoms with van der Waals surface area (Å²) < 4.78 is 5.12. The minimum atomic E-state index is -0.329. The molecule has 0 radical (unpaired) electrons. The molecule has 136 valence electrons. The van der Waals surface area contributed by atoms with E-state index in [0.717, 1.165) is 17.2 Å². The zero-order valence-corrected chi connectivity index (χ0v) is 14.9. The maximum absolute atomic E-state index is 12.2. The van der Waals surface area contributed by atoms with Crippen LogP contribution in [0.25, 0.3) is 0 Å². The fraction of sp³-hybridized carbons (Fsp3) is 0.353. The number of benzene rings is 1. The zero-order chi connectivity index (χ0) is 18.5. The van der Waals surface area contributed by atoms with E-state index in [9.17, 15) is 4.79 Å². The van der Waals surface area contributed by atoms with Gasteiger partial charge in [0.2, 0.25) is 5.89 Å². The molecule has 2 amide bonds. The molecule has 0 saturated heterocycles. The van der Waals surface area contributed by atoms with Gasteiger partial charge in [0.1, 0.15) is 11.9 Å². The van der Waals surface area contributed by atoms with E-state index < -0.39 is 0 Å². The Kier molecular flexibility index (Phi) is 5.26. The lowest BCUT2D eigenvalue weighted by Gasteiger charge is -2.13. The normalized spacial score (nSPS) is 12.0. The SMILES string of the molecule is CCC(NC(=O)Nc1ccc(Cc2n[nH]c(C)n2)cc1)c1nc(C)no1. The first-order valence-corrected chi connectivity index (χ1v) is 8.38. The Hall–Kier alpha value is -3.23. The smallest absolute Gasteiger partial charge is 0.319 e. The summed E-state index contributed by atoms with van der Waals surface area (Å²) in [5.74, 6) is 2.47. The Labute approximate surface area is 150 Å². The third kappa shape index (κ3) is 4.44. The number of carbonyl (C=O) groups excluding carboxylic acids is 1. The standard InChI is InChI=1S/C17H21N7O2/c1-4-14(16-19-11(3)24-26-16)21-17(25)20-13-7-5-12(6-8-13)9-15-18-10(2)22-23-15/h5-8,14H,4,9H2,1-3H3,(H,18,22,23)(H2,20,21,25). The fourth-order valence-corrected chi connectivity index (χ4v) is 2.48. The van der Waals surface area contributed by atoms with Crippen LogP contribution < -0.4 is 10.6 Å². The molecule has 1 unspecified atom stereocenters. The van der Waals surface area contributed by atoms with Crippen LogP contribution in [0, 0.1) is 13.8 Å². The van der Waals surface area contributed by atoms with Gasteiger partial charge in [0.15, 0.2) is 11.6 Å². The molecule has 3 rings (SSSR count). The monoisotopic (exact) mass is 355 g/mol. The molecule has 0 aliphatic heterocycles. The molecular weight excluding hydrogens is 334 g/mol. The molecule has 0 fully saturated rings. The Morgan fingerprint density at radius 2 is 2.00 bits per heavy atom. The van der Waals surface area contributed by atoms with Crippen molar-refractivity contribution >= 4 is 11.7 Å². The molecule has 9 nitrogen and oxygen atoms in total. The number of anilines is 1. The van der Waals surface area contributed by atoms with Crippen molar-refractivity contribution < 1.29 is 9.32 Å². The quantitative estimate of drug-likeness (QED) is 0.625. The van der Waals surface area contributed by atoms with Gasteiger partial charge in [0, 0.05) is 12.1 Å². The van der Waals surface area contributed by atoms with Crippen molar-refractivity contribution in [3.05, 3.63) is 53.2 Å². The number of H-pyrrole nitrogens is 1. The van der Waals surface area contributed by atoms with E-state index in [0.29, 0.717) is 30.2 Å². The van der Waals surface area contributed by atoms with Gasteiger partial charge < -0.3 is 15.2 Å². The molecule has 1 aromatic carbocycles. The van der Waals surface area contributed by atoms with E-state index in [2.05, 4.69) is 36.0 Å². The van der Waals surface area contributed by atoms with Gasteiger partial charge in [-0.2, -0.15) is 10.1 Å². The van der Waals surface area contributed by atoms with Crippen molar-refractivity contribution in [2.45, 2.75) is 39.7 Å². The molecule has 0 aliphatic carbocycles. The summed E-state index contributed by atoms with van der Waals surface area (Å²) in [5.41, 5.74) is 1.75. The van der Waals surface area contributed by atoms with Crippen molar-refractivity contribution in [1.29, 1.82) is 0 Å². The first-order chi connectivity index (χ1) is 12.5. The lowest BCUT2D eigenvalue weighted by molar-refractivity contribution is 0.243.